The fourth-order valence-corrected chi connectivity index (χ4v) is 4.04. The van der Waals surface area contributed by atoms with Crippen molar-refractivity contribution in [3.8, 4) is 5.75 Å². The van der Waals surface area contributed by atoms with Crippen LogP contribution in [0.3, 0.4) is 0 Å². The van der Waals surface area contributed by atoms with Crippen LogP contribution in [0.15, 0.2) is 54.6 Å². The van der Waals surface area contributed by atoms with E-state index in [0.29, 0.717) is 29.3 Å². The second-order valence-electron chi connectivity index (χ2n) is 11.0. The third-order valence-corrected chi connectivity index (χ3v) is 5.99. The third kappa shape index (κ3) is 9.39. The van der Waals surface area contributed by atoms with E-state index in [2.05, 4.69) is 24.5 Å². The number of hydrogen-bond acceptors (Lipinski definition) is 5. The summed E-state index contributed by atoms with van der Waals surface area (Å²) in [5.41, 5.74) is 0.550. The Hall–Kier alpha value is -3.55. The van der Waals surface area contributed by atoms with Gasteiger partial charge in [0.25, 0.3) is 5.91 Å². The van der Waals surface area contributed by atoms with Gasteiger partial charge in [-0.05, 0) is 83.2 Å². The Labute approximate surface area is 227 Å². The summed E-state index contributed by atoms with van der Waals surface area (Å²) in [4.78, 5) is 41.8. The number of amides is 3. The summed E-state index contributed by atoms with van der Waals surface area (Å²) in [7, 11) is 1.58. The molecule has 0 aromatic heterocycles. The lowest BCUT2D eigenvalue weighted by atomic mass is 9.97. The zero-order valence-corrected chi connectivity index (χ0v) is 23.9. The second kappa shape index (κ2) is 13.8. The molecule has 0 aliphatic heterocycles. The molecule has 0 spiro atoms. The van der Waals surface area contributed by atoms with Crippen LogP contribution in [0.4, 0.5) is 10.5 Å². The van der Waals surface area contributed by atoms with Gasteiger partial charge in [-0.2, -0.15) is 0 Å². The average molecular weight is 526 g/mol. The van der Waals surface area contributed by atoms with E-state index in [1.807, 2.05) is 37.3 Å². The zero-order chi connectivity index (χ0) is 28.5. The van der Waals surface area contributed by atoms with Crippen molar-refractivity contribution in [1.82, 2.24) is 10.2 Å². The number of methoxy groups -OCH3 is 1. The zero-order valence-electron chi connectivity index (χ0n) is 23.9. The maximum Gasteiger partial charge on any atom is 0.408 e. The van der Waals surface area contributed by atoms with Crippen LogP contribution in [0.2, 0.25) is 0 Å². The summed E-state index contributed by atoms with van der Waals surface area (Å²) in [5.74, 6) is 0.375. The summed E-state index contributed by atoms with van der Waals surface area (Å²) in [5, 5.41) is 5.60. The molecule has 0 fully saturated rings. The van der Waals surface area contributed by atoms with Gasteiger partial charge >= 0.3 is 6.09 Å². The fraction of sp³-hybridized carbons (Fsp3) is 0.500. The molecule has 0 saturated carbocycles. The average Bonchev–Trinajstić information content (AvgIpc) is 2.85. The maximum absolute atomic E-state index is 13.9. The minimum Gasteiger partial charge on any atom is -0.497 e. The molecule has 2 N–H and O–H groups in total. The van der Waals surface area contributed by atoms with Crippen LogP contribution in [0.25, 0.3) is 0 Å². The minimum absolute atomic E-state index is 0.278. The fourth-order valence-electron chi connectivity index (χ4n) is 4.04. The van der Waals surface area contributed by atoms with Crippen molar-refractivity contribution < 1.29 is 23.9 Å². The van der Waals surface area contributed by atoms with E-state index < -0.39 is 23.8 Å². The number of anilines is 1. The van der Waals surface area contributed by atoms with Crippen molar-refractivity contribution >= 4 is 23.6 Å². The van der Waals surface area contributed by atoms with Crippen molar-refractivity contribution in [3.63, 3.8) is 0 Å². The van der Waals surface area contributed by atoms with Crippen molar-refractivity contribution in [1.29, 1.82) is 0 Å². The Bertz CT molecular complexity index is 1050. The van der Waals surface area contributed by atoms with Crippen LogP contribution in [0, 0.1) is 5.92 Å². The summed E-state index contributed by atoms with van der Waals surface area (Å²) in [6.07, 6.45) is 0.884. The van der Waals surface area contributed by atoms with Crippen molar-refractivity contribution in [2.75, 3.05) is 12.4 Å². The number of alkyl carbamates (subject to hydrolysis) is 1. The normalized spacial score (nSPS) is 13.7. The first-order valence-corrected chi connectivity index (χ1v) is 13.1. The van der Waals surface area contributed by atoms with Crippen molar-refractivity contribution in [3.05, 3.63) is 60.2 Å². The molecular weight excluding hydrogens is 482 g/mol. The number of nitrogens with zero attached hydrogens (tertiary/aromatic N) is 1. The van der Waals surface area contributed by atoms with Crippen LogP contribution in [0.5, 0.6) is 5.75 Å². The van der Waals surface area contributed by atoms with Gasteiger partial charge < -0.3 is 25.0 Å². The Kier molecular flexibility index (Phi) is 11.2. The molecule has 3 amide bonds. The molecule has 0 bridgehead atoms. The predicted octanol–water partition coefficient (Wildman–Crippen LogP) is 5.94. The Morgan fingerprint density at radius 1 is 0.895 bits per heavy atom. The summed E-state index contributed by atoms with van der Waals surface area (Å²) in [6, 6.07) is 14.1. The quantitative estimate of drug-likeness (QED) is 0.378. The first-order valence-electron chi connectivity index (χ1n) is 13.1. The van der Waals surface area contributed by atoms with E-state index in [4.69, 9.17) is 9.47 Å². The molecule has 38 heavy (non-hydrogen) atoms. The van der Waals surface area contributed by atoms with Gasteiger partial charge in [0.1, 0.15) is 23.4 Å². The molecule has 8 heteroatoms. The molecule has 8 nitrogen and oxygen atoms in total. The molecule has 3 unspecified atom stereocenters. The SMILES string of the molecule is COc1ccc(NC(=O)C(c2ccccc2)N(C(=O)C(C)NC(=O)OC(C)(C)C)C(C)CCC(C)C)cc1. The predicted molar refractivity (Wildman–Crippen MR) is 150 cm³/mol. The number of hydrogen-bond donors (Lipinski definition) is 2. The van der Waals surface area contributed by atoms with E-state index in [0.717, 1.165) is 6.42 Å². The minimum atomic E-state index is -0.921. The van der Waals surface area contributed by atoms with Gasteiger partial charge in [0.05, 0.1) is 7.11 Å². The molecular formula is C30H43N3O5. The highest BCUT2D eigenvalue weighted by molar-refractivity contribution is 5.99. The Morgan fingerprint density at radius 2 is 1.50 bits per heavy atom. The van der Waals surface area contributed by atoms with Gasteiger partial charge in [-0.3, -0.25) is 9.59 Å². The lowest BCUT2D eigenvalue weighted by Gasteiger charge is -2.38. The summed E-state index contributed by atoms with van der Waals surface area (Å²) >= 11 is 0. The molecule has 208 valence electrons. The molecule has 0 heterocycles. The first kappa shape index (κ1) is 30.7. The Balaban J connectivity index is 2.45. The van der Waals surface area contributed by atoms with Gasteiger partial charge in [0.15, 0.2) is 0 Å². The van der Waals surface area contributed by atoms with Crippen LogP contribution in [0.1, 0.15) is 72.9 Å². The number of benzene rings is 2. The van der Waals surface area contributed by atoms with Gasteiger partial charge in [0, 0.05) is 11.7 Å². The van der Waals surface area contributed by atoms with Crippen LogP contribution in [-0.2, 0) is 14.3 Å². The van der Waals surface area contributed by atoms with Crippen molar-refractivity contribution in [2.24, 2.45) is 5.92 Å². The van der Waals surface area contributed by atoms with E-state index in [1.54, 1.807) is 64.0 Å². The number of ether oxygens (including phenoxy) is 2. The highest BCUT2D eigenvalue weighted by Gasteiger charge is 2.37. The summed E-state index contributed by atoms with van der Waals surface area (Å²) in [6.45, 7) is 13.1. The topological polar surface area (TPSA) is 97.0 Å². The van der Waals surface area contributed by atoms with Crippen LogP contribution in [-0.4, -0.2) is 47.6 Å². The molecule has 3 atom stereocenters. The number of rotatable bonds is 11. The number of carbonyl (C=O) groups excluding carboxylic acids is 3. The first-order chi connectivity index (χ1) is 17.8. The van der Waals surface area contributed by atoms with Gasteiger partial charge in [-0.15, -0.1) is 0 Å². The highest BCUT2D eigenvalue weighted by Crippen LogP contribution is 2.29. The number of carbonyl (C=O) groups is 3. The summed E-state index contributed by atoms with van der Waals surface area (Å²) < 4.78 is 10.6. The maximum atomic E-state index is 13.9. The van der Waals surface area contributed by atoms with Gasteiger partial charge in [-0.1, -0.05) is 44.2 Å². The second-order valence-corrected chi connectivity index (χ2v) is 11.0. The standard InChI is InChI=1S/C30H43N3O5/c1-20(2)14-15-21(3)33(28(35)22(4)31-29(36)38-30(5,6)7)26(23-12-10-9-11-13-23)27(34)32-24-16-18-25(37-8)19-17-24/h9-13,16-22,26H,14-15H2,1-8H3,(H,31,36)(H,32,34). The third-order valence-electron chi connectivity index (χ3n) is 5.99. The molecule has 2 rings (SSSR count). The largest absolute Gasteiger partial charge is 0.497 e. The monoisotopic (exact) mass is 525 g/mol. The highest BCUT2D eigenvalue weighted by atomic mass is 16.6. The lowest BCUT2D eigenvalue weighted by Crippen LogP contribution is -2.54. The van der Waals surface area contributed by atoms with E-state index >= 15 is 0 Å². The molecule has 2 aromatic rings. The Morgan fingerprint density at radius 3 is 2.03 bits per heavy atom. The van der Waals surface area contributed by atoms with Crippen LogP contribution >= 0.6 is 0 Å². The molecule has 0 aliphatic carbocycles. The van der Waals surface area contributed by atoms with E-state index in [9.17, 15) is 14.4 Å². The molecule has 2 aromatic carbocycles. The van der Waals surface area contributed by atoms with Crippen LogP contribution < -0.4 is 15.4 Å². The van der Waals surface area contributed by atoms with Gasteiger partial charge in [0.2, 0.25) is 5.91 Å². The van der Waals surface area contributed by atoms with E-state index in [1.165, 1.54) is 0 Å². The lowest BCUT2D eigenvalue weighted by molar-refractivity contribution is -0.143. The molecule has 0 radical (unpaired) electrons. The molecule has 0 saturated heterocycles. The van der Waals surface area contributed by atoms with Crippen molar-refractivity contribution in [2.45, 2.75) is 85.0 Å². The van der Waals surface area contributed by atoms with E-state index in [-0.39, 0.29) is 17.9 Å². The molecule has 0 aliphatic rings. The number of nitrogens with one attached hydrogen (secondary N) is 2. The van der Waals surface area contributed by atoms with Gasteiger partial charge in [-0.25, -0.2) is 4.79 Å². The smallest absolute Gasteiger partial charge is 0.408 e.